The lowest BCUT2D eigenvalue weighted by Crippen LogP contribution is -2.40. The number of nitrogens with one attached hydrogen (secondary N) is 1. The van der Waals surface area contributed by atoms with Crippen molar-refractivity contribution in [2.24, 2.45) is 11.8 Å². The van der Waals surface area contributed by atoms with Crippen molar-refractivity contribution in [3.8, 4) is 0 Å². The second-order valence-electron chi connectivity index (χ2n) is 8.51. The normalized spacial score (nSPS) is 22.2. The van der Waals surface area contributed by atoms with E-state index in [0.29, 0.717) is 11.8 Å². The molecule has 5 heteroatoms. The Morgan fingerprint density at radius 3 is 2.86 bits per heavy atom. The van der Waals surface area contributed by atoms with E-state index in [2.05, 4.69) is 51.9 Å². The van der Waals surface area contributed by atoms with E-state index in [-0.39, 0.29) is 17.9 Å². The fourth-order valence-electron chi connectivity index (χ4n) is 4.22. The molecule has 2 aliphatic rings. The predicted octanol–water partition coefficient (Wildman–Crippen LogP) is 3.75. The van der Waals surface area contributed by atoms with Crippen molar-refractivity contribution in [2.75, 3.05) is 0 Å². The highest BCUT2D eigenvalue weighted by atomic mass is 16.2. The van der Waals surface area contributed by atoms with Gasteiger partial charge in [-0.05, 0) is 79.8 Å². The molecule has 5 nitrogen and oxygen atoms in total. The summed E-state index contributed by atoms with van der Waals surface area (Å²) in [6, 6.07) is 8.56. The number of benzene rings is 1. The van der Waals surface area contributed by atoms with Gasteiger partial charge >= 0.3 is 0 Å². The molecular weight excluding hydrogens is 348 g/mol. The maximum atomic E-state index is 12.9. The molecule has 0 bridgehead atoms. The zero-order valence-electron chi connectivity index (χ0n) is 16.4. The number of rotatable bonds is 6. The number of amides is 1. The van der Waals surface area contributed by atoms with E-state index in [9.17, 15) is 4.79 Å². The first-order valence-electron chi connectivity index (χ1n) is 10.2. The molecule has 2 aromatic heterocycles. The number of pyridine rings is 1. The maximum Gasteiger partial charge on any atom is 0.224 e. The van der Waals surface area contributed by atoms with Crippen molar-refractivity contribution >= 4 is 16.9 Å². The number of carbonyl (C=O) groups excluding carboxylic acids is 1. The fraction of sp³-hybridized carbons (Fsp3) is 0.435. The average molecular weight is 374 g/mol. The lowest BCUT2D eigenvalue weighted by Gasteiger charge is -2.20. The molecule has 1 aromatic carbocycles. The van der Waals surface area contributed by atoms with Crippen LogP contribution in [0.3, 0.4) is 0 Å². The molecule has 0 unspecified atom stereocenters. The minimum atomic E-state index is 0.0925. The Hall–Kier alpha value is -2.69. The summed E-state index contributed by atoms with van der Waals surface area (Å²) in [7, 11) is 0. The third-order valence-corrected chi connectivity index (χ3v) is 6.39. The van der Waals surface area contributed by atoms with Gasteiger partial charge in [-0.3, -0.25) is 9.78 Å². The van der Waals surface area contributed by atoms with Crippen LogP contribution in [0.2, 0.25) is 0 Å². The zero-order chi connectivity index (χ0) is 19.3. The molecule has 3 atom stereocenters. The van der Waals surface area contributed by atoms with Crippen molar-refractivity contribution in [2.45, 2.75) is 51.6 Å². The number of nitrogens with zero attached hydrogens (tertiary/aromatic N) is 3. The topological polar surface area (TPSA) is 59.8 Å². The van der Waals surface area contributed by atoms with Gasteiger partial charge < -0.3 is 9.88 Å². The summed E-state index contributed by atoms with van der Waals surface area (Å²) < 4.78 is 2.20. The maximum absolute atomic E-state index is 12.9. The zero-order valence-corrected chi connectivity index (χ0v) is 16.4. The molecule has 0 saturated heterocycles. The van der Waals surface area contributed by atoms with Gasteiger partial charge in [-0.25, -0.2) is 4.98 Å². The Balaban J connectivity index is 1.30. The predicted molar refractivity (Wildman–Crippen MR) is 109 cm³/mol. The Labute approximate surface area is 165 Å². The average Bonchev–Trinajstić information content (AvgIpc) is 3.61. The van der Waals surface area contributed by atoms with Crippen molar-refractivity contribution in [3.63, 3.8) is 0 Å². The van der Waals surface area contributed by atoms with Crippen LogP contribution in [-0.4, -0.2) is 26.5 Å². The van der Waals surface area contributed by atoms with Crippen LogP contribution in [0.4, 0.5) is 0 Å². The Kier molecular flexibility index (Phi) is 4.18. The molecule has 28 heavy (non-hydrogen) atoms. The molecule has 2 fully saturated rings. The van der Waals surface area contributed by atoms with Gasteiger partial charge in [-0.15, -0.1) is 0 Å². The Morgan fingerprint density at radius 1 is 1.29 bits per heavy atom. The molecule has 144 valence electrons. The van der Waals surface area contributed by atoms with Crippen LogP contribution in [0, 0.1) is 25.7 Å². The third-order valence-electron chi connectivity index (χ3n) is 6.39. The van der Waals surface area contributed by atoms with Crippen LogP contribution in [0.5, 0.6) is 0 Å². The minimum absolute atomic E-state index is 0.0925. The number of imidazole rings is 1. The SMILES string of the molecule is Cc1cc2ncn(C[C@H](NC(=O)[C@@H]3C[C@@H]3c3cccnc3)C3CC3)c2cc1C. The summed E-state index contributed by atoms with van der Waals surface area (Å²) in [5.74, 6) is 1.20. The molecule has 5 rings (SSSR count). The van der Waals surface area contributed by atoms with Crippen molar-refractivity contribution < 1.29 is 4.79 Å². The van der Waals surface area contributed by atoms with Gasteiger partial charge in [0.15, 0.2) is 0 Å². The largest absolute Gasteiger partial charge is 0.351 e. The van der Waals surface area contributed by atoms with Crippen molar-refractivity contribution in [3.05, 3.63) is 59.7 Å². The van der Waals surface area contributed by atoms with Crippen LogP contribution in [-0.2, 0) is 11.3 Å². The van der Waals surface area contributed by atoms with Crippen molar-refractivity contribution in [1.29, 1.82) is 0 Å². The number of fused-ring (bicyclic) bond motifs is 1. The van der Waals surface area contributed by atoms with Crippen LogP contribution in [0.1, 0.15) is 41.9 Å². The van der Waals surface area contributed by atoms with E-state index in [4.69, 9.17) is 0 Å². The summed E-state index contributed by atoms with van der Waals surface area (Å²) in [5, 5.41) is 3.36. The summed E-state index contributed by atoms with van der Waals surface area (Å²) in [6.45, 7) is 5.05. The highest BCUT2D eigenvalue weighted by Crippen LogP contribution is 2.47. The third kappa shape index (κ3) is 3.30. The first-order valence-corrected chi connectivity index (χ1v) is 10.2. The molecule has 2 aliphatic carbocycles. The molecule has 3 aromatic rings. The fourth-order valence-corrected chi connectivity index (χ4v) is 4.22. The van der Waals surface area contributed by atoms with E-state index >= 15 is 0 Å². The Bertz CT molecular complexity index is 1020. The highest BCUT2D eigenvalue weighted by Gasteiger charge is 2.45. The van der Waals surface area contributed by atoms with Gasteiger partial charge in [-0.2, -0.15) is 0 Å². The standard InChI is InChI=1S/C23H26N4O/c1-14-8-20-22(9-15(14)2)27(13-25-20)12-21(16-5-6-16)26-23(28)19-10-18(19)17-4-3-7-24-11-17/h3-4,7-9,11,13,16,18-19,21H,5-6,10,12H2,1-2H3,(H,26,28)/t18-,19-,21+/m1/s1. The second-order valence-corrected chi connectivity index (χ2v) is 8.51. The molecular formula is C23H26N4O. The summed E-state index contributed by atoms with van der Waals surface area (Å²) >= 11 is 0. The lowest BCUT2D eigenvalue weighted by molar-refractivity contribution is -0.123. The van der Waals surface area contributed by atoms with Gasteiger partial charge in [0.2, 0.25) is 5.91 Å². The first-order chi connectivity index (χ1) is 13.6. The van der Waals surface area contributed by atoms with Gasteiger partial charge in [0, 0.05) is 30.9 Å². The summed E-state index contributed by atoms with van der Waals surface area (Å²) in [4.78, 5) is 21.6. The van der Waals surface area contributed by atoms with Crippen molar-refractivity contribution in [1.82, 2.24) is 19.9 Å². The van der Waals surface area contributed by atoms with Gasteiger partial charge in [-0.1, -0.05) is 6.07 Å². The number of hydrogen-bond acceptors (Lipinski definition) is 3. The number of aryl methyl sites for hydroxylation is 2. The van der Waals surface area contributed by atoms with Crippen LogP contribution in [0.25, 0.3) is 11.0 Å². The molecule has 0 radical (unpaired) electrons. The van der Waals surface area contributed by atoms with E-state index in [1.165, 1.54) is 29.5 Å². The van der Waals surface area contributed by atoms with Crippen LogP contribution in [0.15, 0.2) is 43.0 Å². The summed E-state index contributed by atoms with van der Waals surface area (Å²) in [5.41, 5.74) is 5.90. The van der Waals surface area contributed by atoms with Crippen LogP contribution >= 0.6 is 0 Å². The molecule has 2 heterocycles. The molecule has 0 aliphatic heterocycles. The van der Waals surface area contributed by atoms with E-state index in [1.54, 1.807) is 6.20 Å². The Morgan fingerprint density at radius 2 is 2.11 bits per heavy atom. The molecule has 2 saturated carbocycles. The number of hydrogen-bond donors (Lipinski definition) is 1. The molecule has 0 spiro atoms. The van der Waals surface area contributed by atoms with E-state index in [1.807, 2.05) is 18.6 Å². The van der Waals surface area contributed by atoms with Gasteiger partial charge in [0.25, 0.3) is 0 Å². The quantitative estimate of drug-likeness (QED) is 0.715. The highest BCUT2D eigenvalue weighted by molar-refractivity contribution is 5.83. The van der Waals surface area contributed by atoms with Gasteiger partial charge in [0.05, 0.1) is 17.4 Å². The molecule has 1 amide bonds. The minimum Gasteiger partial charge on any atom is -0.351 e. The second kappa shape index (κ2) is 6.73. The lowest BCUT2D eigenvalue weighted by atomic mass is 10.1. The van der Waals surface area contributed by atoms with E-state index in [0.717, 1.165) is 24.0 Å². The number of carbonyl (C=O) groups is 1. The number of aromatic nitrogens is 3. The van der Waals surface area contributed by atoms with E-state index < -0.39 is 0 Å². The molecule has 1 N–H and O–H groups in total. The van der Waals surface area contributed by atoms with Gasteiger partial charge in [0.1, 0.15) is 0 Å². The summed E-state index contributed by atoms with van der Waals surface area (Å²) in [6.07, 6.45) is 8.92. The van der Waals surface area contributed by atoms with Crippen LogP contribution < -0.4 is 5.32 Å². The smallest absolute Gasteiger partial charge is 0.224 e. The monoisotopic (exact) mass is 374 g/mol. The first kappa shape index (κ1) is 17.4.